The lowest BCUT2D eigenvalue weighted by atomic mass is 10.1. The summed E-state index contributed by atoms with van der Waals surface area (Å²) >= 11 is 0. The number of anilines is 2. The van der Waals surface area contributed by atoms with Crippen LogP contribution in [0.15, 0.2) is 48.5 Å². The van der Waals surface area contributed by atoms with Crippen LogP contribution in [0.4, 0.5) is 16.0 Å². The molecule has 1 heterocycles. The van der Waals surface area contributed by atoms with Gasteiger partial charge in [0.2, 0.25) is 5.95 Å². The number of nitrogens with zero attached hydrogens (tertiary/aromatic N) is 4. The van der Waals surface area contributed by atoms with Gasteiger partial charge in [0.1, 0.15) is 11.6 Å². The van der Waals surface area contributed by atoms with E-state index in [-0.39, 0.29) is 18.2 Å². The first-order chi connectivity index (χ1) is 11.0. The van der Waals surface area contributed by atoms with Gasteiger partial charge in [-0.05, 0) is 36.8 Å². The number of hydrogen-bond acceptors (Lipinski definition) is 3. The molecule has 3 rings (SSSR count). The Balaban J connectivity index is 0.00000208. The Morgan fingerprint density at radius 3 is 2.25 bits per heavy atom. The highest BCUT2D eigenvalue weighted by Crippen LogP contribution is 2.22. The molecule has 0 saturated heterocycles. The van der Waals surface area contributed by atoms with Gasteiger partial charge in [0.05, 0.1) is 0 Å². The first kappa shape index (κ1) is 17.9. The van der Waals surface area contributed by atoms with Gasteiger partial charge >= 0.3 is 0 Å². The Bertz CT molecular complexity index is 797. The zero-order valence-electron chi connectivity index (χ0n) is 13.9. The van der Waals surface area contributed by atoms with Crippen molar-refractivity contribution in [1.29, 1.82) is 0 Å². The smallest absolute Gasteiger partial charge is 0.231 e. The second-order valence-corrected chi connectivity index (χ2v) is 5.67. The number of aryl methyl sites for hydroxylation is 1. The molecular weight excluding hydrogens is 327 g/mol. The van der Waals surface area contributed by atoms with Crippen LogP contribution >= 0.6 is 12.4 Å². The largest absolute Gasteiger partial charge is 0.314 e. The van der Waals surface area contributed by atoms with Crippen molar-refractivity contribution in [2.24, 2.45) is 7.05 Å². The van der Waals surface area contributed by atoms with Crippen LogP contribution in [0.25, 0.3) is 0 Å². The van der Waals surface area contributed by atoms with E-state index < -0.39 is 0 Å². The molecule has 0 amide bonds. The molecule has 2 aromatic carbocycles. The number of halogens is 2. The molecular formula is C18H20ClFN4. The summed E-state index contributed by atoms with van der Waals surface area (Å²) in [6.45, 7) is 2.07. The number of benzene rings is 2. The molecule has 0 spiro atoms. The molecule has 0 aliphatic rings. The quantitative estimate of drug-likeness (QED) is 0.715. The molecule has 0 fully saturated rings. The summed E-state index contributed by atoms with van der Waals surface area (Å²) in [5.74, 6) is 1.36. The molecule has 0 saturated carbocycles. The zero-order valence-corrected chi connectivity index (χ0v) is 14.7. The molecule has 0 atom stereocenters. The van der Waals surface area contributed by atoms with E-state index in [0.29, 0.717) is 0 Å². The van der Waals surface area contributed by atoms with Gasteiger partial charge in [0, 0.05) is 26.2 Å². The van der Waals surface area contributed by atoms with Gasteiger partial charge in [-0.15, -0.1) is 22.6 Å². The fourth-order valence-electron chi connectivity index (χ4n) is 2.47. The van der Waals surface area contributed by atoms with Crippen LogP contribution in [0.1, 0.15) is 17.0 Å². The van der Waals surface area contributed by atoms with Gasteiger partial charge in [0.15, 0.2) is 0 Å². The fraction of sp³-hybridized carbons (Fsp3) is 0.222. The summed E-state index contributed by atoms with van der Waals surface area (Å²) < 4.78 is 15.0. The lowest BCUT2D eigenvalue weighted by Crippen LogP contribution is -2.15. The van der Waals surface area contributed by atoms with Crippen molar-refractivity contribution in [3.05, 3.63) is 71.3 Å². The summed E-state index contributed by atoms with van der Waals surface area (Å²) in [5, 5.41) is 8.57. The van der Waals surface area contributed by atoms with Crippen LogP contribution in [0.2, 0.25) is 0 Å². The molecule has 0 N–H and O–H groups in total. The Morgan fingerprint density at radius 1 is 1.00 bits per heavy atom. The van der Waals surface area contributed by atoms with Crippen molar-refractivity contribution in [3.8, 4) is 0 Å². The van der Waals surface area contributed by atoms with E-state index >= 15 is 0 Å². The predicted octanol–water partition coefficient (Wildman–Crippen LogP) is 4.04. The lowest BCUT2D eigenvalue weighted by Gasteiger charge is -2.18. The highest BCUT2D eigenvalue weighted by atomic mass is 35.5. The molecule has 1 aromatic heterocycles. The van der Waals surface area contributed by atoms with Gasteiger partial charge in [-0.1, -0.05) is 29.8 Å². The number of rotatable bonds is 4. The summed E-state index contributed by atoms with van der Waals surface area (Å²) in [7, 11) is 3.84. The Hall–Kier alpha value is -2.40. The fourth-order valence-corrected chi connectivity index (χ4v) is 2.47. The van der Waals surface area contributed by atoms with E-state index in [1.54, 1.807) is 12.1 Å². The van der Waals surface area contributed by atoms with Crippen molar-refractivity contribution >= 4 is 24.0 Å². The van der Waals surface area contributed by atoms with Crippen molar-refractivity contribution < 1.29 is 4.39 Å². The number of aromatic nitrogens is 3. The maximum atomic E-state index is 13.1. The van der Waals surface area contributed by atoms with Crippen LogP contribution < -0.4 is 4.90 Å². The average molecular weight is 347 g/mol. The molecule has 0 radical (unpaired) electrons. The minimum atomic E-state index is -0.250. The van der Waals surface area contributed by atoms with E-state index in [2.05, 4.69) is 41.4 Å². The molecule has 0 bridgehead atoms. The van der Waals surface area contributed by atoms with Crippen LogP contribution in [0.3, 0.4) is 0 Å². The molecule has 0 aliphatic carbocycles. The molecule has 6 heteroatoms. The molecule has 0 aliphatic heterocycles. The van der Waals surface area contributed by atoms with Crippen LogP contribution in [0.5, 0.6) is 0 Å². The van der Waals surface area contributed by atoms with Crippen molar-refractivity contribution in [3.63, 3.8) is 0 Å². The lowest BCUT2D eigenvalue weighted by molar-refractivity contribution is 0.628. The summed E-state index contributed by atoms with van der Waals surface area (Å²) in [6.07, 6.45) is 0.723. The first-order valence-electron chi connectivity index (χ1n) is 7.47. The highest BCUT2D eigenvalue weighted by Gasteiger charge is 2.14. The van der Waals surface area contributed by atoms with E-state index in [4.69, 9.17) is 0 Å². The number of hydrogen-bond donors (Lipinski definition) is 0. The minimum Gasteiger partial charge on any atom is -0.314 e. The van der Waals surface area contributed by atoms with Gasteiger partial charge in [-0.25, -0.2) is 4.39 Å². The van der Waals surface area contributed by atoms with E-state index in [1.165, 1.54) is 23.3 Å². The highest BCUT2D eigenvalue weighted by molar-refractivity contribution is 5.85. The van der Waals surface area contributed by atoms with Crippen molar-refractivity contribution in [2.75, 3.05) is 11.9 Å². The normalized spacial score (nSPS) is 10.3. The molecule has 24 heavy (non-hydrogen) atoms. The average Bonchev–Trinajstić information content (AvgIpc) is 2.90. The third kappa shape index (κ3) is 3.74. The Morgan fingerprint density at radius 2 is 1.62 bits per heavy atom. The Labute approximate surface area is 147 Å². The summed E-state index contributed by atoms with van der Waals surface area (Å²) in [6, 6.07) is 14.7. The molecule has 0 unspecified atom stereocenters. The summed E-state index contributed by atoms with van der Waals surface area (Å²) in [5.41, 5.74) is 3.30. The SMILES string of the molecule is Cc1ccc(Cc2nnc(N(C)c3ccc(F)cc3)n2C)cc1.Cl. The molecule has 126 valence electrons. The van der Waals surface area contributed by atoms with Gasteiger partial charge in [-0.3, -0.25) is 4.57 Å². The third-order valence-electron chi connectivity index (χ3n) is 3.94. The van der Waals surface area contributed by atoms with Crippen molar-refractivity contribution in [2.45, 2.75) is 13.3 Å². The second kappa shape index (κ2) is 7.45. The standard InChI is InChI=1S/C18H19FN4.ClH/c1-13-4-6-14(7-5-13)12-17-20-21-18(23(17)3)22(2)16-10-8-15(19)9-11-16;/h4-11H,12H2,1-3H3;1H. The van der Waals surface area contributed by atoms with Crippen molar-refractivity contribution in [1.82, 2.24) is 14.8 Å². The third-order valence-corrected chi connectivity index (χ3v) is 3.94. The zero-order chi connectivity index (χ0) is 16.4. The van der Waals surface area contributed by atoms with Crippen LogP contribution in [-0.2, 0) is 13.5 Å². The monoisotopic (exact) mass is 346 g/mol. The van der Waals surface area contributed by atoms with Crippen LogP contribution in [0, 0.1) is 12.7 Å². The van der Waals surface area contributed by atoms with Gasteiger partial charge < -0.3 is 4.90 Å². The Kier molecular flexibility index (Phi) is 5.57. The topological polar surface area (TPSA) is 34.0 Å². The summed E-state index contributed by atoms with van der Waals surface area (Å²) in [4.78, 5) is 1.89. The minimum absolute atomic E-state index is 0. The van der Waals surface area contributed by atoms with Gasteiger partial charge in [0.25, 0.3) is 0 Å². The van der Waals surface area contributed by atoms with E-state index in [9.17, 15) is 4.39 Å². The maximum absolute atomic E-state index is 13.1. The first-order valence-corrected chi connectivity index (χ1v) is 7.47. The van der Waals surface area contributed by atoms with E-state index in [0.717, 1.165) is 23.9 Å². The molecule has 4 nitrogen and oxygen atoms in total. The second-order valence-electron chi connectivity index (χ2n) is 5.67. The van der Waals surface area contributed by atoms with Crippen LogP contribution in [-0.4, -0.2) is 21.8 Å². The van der Waals surface area contributed by atoms with E-state index in [1.807, 2.05) is 23.6 Å². The maximum Gasteiger partial charge on any atom is 0.231 e. The van der Waals surface area contributed by atoms with Gasteiger partial charge in [-0.2, -0.15) is 0 Å². The predicted molar refractivity (Wildman–Crippen MR) is 96.7 cm³/mol. The molecule has 3 aromatic rings.